The lowest BCUT2D eigenvalue weighted by Crippen LogP contribution is -2.27. The van der Waals surface area contributed by atoms with Gasteiger partial charge in [-0.15, -0.1) is 0 Å². The molecule has 52 valence electrons. The van der Waals surface area contributed by atoms with E-state index in [4.69, 9.17) is 0 Å². The third kappa shape index (κ3) is 0.516. The van der Waals surface area contributed by atoms with Crippen LogP contribution in [0.4, 0.5) is 8.78 Å². The first kappa shape index (κ1) is 5.63. The monoisotopic (exact) mass is 132 g/mol. The topological polar surface area (TPSA) is 0 Å². The molecule has 0 aliphatic heterocycles. The molecule has 0 bridgehead atoms. The smallest absolute Gasteiger partial charge is 0.206 e. The zero-order valence-corrected chi connectivity index (χ0v) is 5.45. The van der Waals surface area contributed by atoms with E-state index in [1.807, 2.05) is 6.92 Å². The Bertz CT molecular complexity index is 145. The first-order valence-electron chi connectivity index (χ1n) is 3.44. The van der Waals surface area contributed by atoms with Gasteiger partial charge in [-0.1, -0.05) is 6.92 Å². The van der Waals surface area contributed by atoms with E-state index in [9.17, 15) is 8.78 Å². The van der Waals surface area contributed by atoms with Gasteiger partial charge in [0.25, 0.3) is 5.92 Å². The zero-order valence-electron chi connectivity index (χ0n) is 5.45. The lowest BCUT2D eigenvalue weighted by Gasteiger charge is -2.32. The van der Waals surface area contributed by atoms with Crippen LogP contribution in [-0.2, 0) is 0 Å². The maximum Gasteiger partial charge on any atom is 0.254 e. The van der Waals surface area contributed by atoms with E-state index in [1.54, 1.807) is 0 Å². The van der Waals surface area contributed by atoms with Gasteiger partial charge in [-0.3, -0.25) is 0 Å². The molecule has 1 spiro atoms. The van der Waals surface area contributed by atoms with Crippen molar-refractivity contribution in [2.75, 3.05) is 0 Å². The quantitative estimate of drug-likeness (QED) is 0.475. The standard InChI is InChI=1S/C7H10F2/c1-5-2-6(3-5)4-7(6,8)9/h5H,2-4H2,1H3/t5-,6+. The Morgan fingerprint density at radius 2 is 1.78 bits per heavy atom. The van der Waals surface area contributed by atoms with Gasteiger partial charge in [0.1, 0.15) is 0 Å². The van der Waals surface area contributed by atoms with E-state index in [-0.39, 0.29) is 6.42 Å². The first-order valence-corrected chi connectivity index (χ1v) is 3.44. The van der Waals surface area contributed by atoms with E-state index in [0.717, 1.165) is 12.8 Å². The number of alkyl halides is 2. The van der Waals surface area contributed by atoms with E-state index in [1.165, 1.54) is 0 Å². The van der Waals surface area contributed by atoms with Crippen molar-refractivity contribution in [1.82, 2.24) is 0 Å². The molecule has 0 radical (unpaired) electrons. The summed E-state index contributed by atoms with van der Waals surface area (Å²) in [6, 6.07) is 0. The Morgan fingerprint density at radius 1 is 1.33 bits per heavy atom. The number of halogens is 2. The Balaban J connectivity index is 2.03. The summed E-state index contributed by atoms with van der Waals surface area (Å²) in [6.45, 7) is 2.04. The highest BCUT2D eigenvalue weighted by molar-refractivity contribution is 5.15. The molecule has 0 aromatic heterocycles. The largest absolute Gasteiger partial charge is 0.254 e. The van der Waals surface area contributed by atoms with E-state index in [2.05, 4.69) is 0 Å². The maximum absolute atomic E-state index is 12.4. The second-order valence-corrected chi connectivity index (χ2v) is 3.67. The Labute approximate surface area is 53.2 Å². The van der Waals surface area contributed by atoms with Gasteiger partial charge in [0.2, 0.25) is 0 Å². The summed E-state index contributed by atoms with van der Waals surface area (Å²) in [6.07, 6.45) is 1.70. The van der Waals surface area contributed by atoms with Gasteiger partial charge in [-0.25, -0.2) is 8.78 Å². The van der Waals surface area contributed by atoms with Crippen LogP contribution in [0.2, 0.25) is 0 Å². The SMILES string of the molecule is C[C@H]1C[C@]2(CC2(F)F)C1. The third-order valence-corrected chi connectivity index (χ3v) is 2.69. The molecule has 2 aliphatic rings. The van der Waals surface area contributed by atoms with Crippen LogP contribution in [0.15, 0.2) is 0 Å². The predicted molar refractivity (Wildman–Crippen MR) is 30.4 cm³/mol. The molecule has 0 saturated heterocycles. The highest BCUT2D eigenvalue weighted by Crippen LogP contribution is 2.72. The summed E-state index contributed by atoms with van der Waals surface area (Å²) in [4.78, 5) is 0. The molecule has 0 unspecified atom stereocenters. The minimum atomic E-state index is -2.28. The molecule has 2 saturated carbocycles. The molecule has 0 heterocycles. The Hall–Kier alpha value is -0.140. The van der Waals surface area contributed by atoms with Gasteiger partial charge in [-0.05, 0) is 18.8 Å². The molecule has 0 nitrogen and oxygen atoms in total. The van der Waals surface area contributed by atoms with E-state index >= 15 is 0 Å². The van der Waals surface area contributed by atoms with Crippen LogP contribution in [0.1, 0.15) is 26.2 Å². The van der Waals surface area contributed by atoms with Crippen molar-refractivity contribution < 1.29 is 8.78 Å². The number of hydrogen-bond donors (Lipinski definition) is 0. The van der Waals surface area contributed by atoms with Crippen LogP contribution in [0.5, 0.6) is 0 Å². The van der Waals surface area contributed by atoms with Gasteiger partial charge in [0, 0.05) is 11.8 Å². The molecule has 9 heavy (non-hydrogen) atoms. The molecule has 2 fully saturated rings. The molecule has 2 heteroatoms. The molecule has 2 rings (SSSR count). The van der Waals surface area contributed by atoms with E-state index in [0.29, 0.717) is 5.92 Å². The second kappa shape index (κ2) is 1.16. The van der Waals surface area contributed by atoms with Gasteiger partial charge in [0.05, 0.1) is 0 Å². The summed E-state index contributed by atoms with van der Waals surface area (Å²) < 4.78 is 24.8. The summed E-state index contributed by atoms with van der Waals surface area (Å²) in [7, 11) is 0. The Kier molecular flexibility index (Phi) is 0.725. The zero-order chi connectivity index (χ0) is 6.70. The summed E-state index contributed by atoms with van der Waals surface area (Å²) in [5, 5.41) is 0. The van der Waals surface area contributed by atoms with Crippen molar-refractivity contribution >= 4 is 0 Å². The maximum atomic E-state index is 12.4. The summed E-state index contributed by atoms with van der Waals surface area (Å²) in [5.41, 5.74) is -0.494. The van der Waals surface area contributed by atoms with Crippen molar-refractivity contribution in [3.05, 3.63) is 0 Å². The van der Waals surface area contributed by atoms with Gasteiger partial charge in [-0.2, -0.15) is 0 Å². The van der Waals surface area contributed by atoms with Crippen molar-refractivity contribution in [2.24, 2.45) is 11.3 Å². The number of hydrogen-bond acceptors (Lipinski definition) is 0. The highest BCUT2D eigenvalue weighted by Gasteiger charge is 2.74. The molecule has 0 atom stereocenters. The van der Waals surface area contributed by atoms with Crippen LogP contribution in [0.25, 0.3) is 0 Å². The average Bonchev–Trinajstić information content (AvgIpc) is 2.06. The fraction of sp³-hybridized carbons (Fsp3) is 1.00. The normalized spacial score (nSPS) is 53.0. The van der Waals surface area contributed by atoms with Crippen LogP contribution >= 0.6 is 0 Å². The molecular formula is C7H10F2. The van der Waals surface area contributed by atoms with Crippen molar-refractivity contribution in [2.45, 2.75) is 32.1 Å². The molecular weight excluding hydrogens is 122 g/mol. The fourth-order valence-electron chi connectivity index (χ4n) is 2.10. The molecule has 2 aliphatic carbocycles. The first-order chi connectivity index (χ1) is 4.06. The molecule has 0 aromatic carbocycles. The average molecular weight is 132 g/mol. The molecule has 0 aromatic rings. The number of rotatable bonds is 0. The highest BCUT2D eigenvalue weighted by atomic mass is 19.3. The summed E-state index contributed by atoms with van der Waals surface area (Å²) in [5.74, 6) is -1.72. The lowest BCUT2D eigenvalue weighted by molar-refractivity contribution is 0.00668. The van der Waals surface area contributed by atoms with Crippen molar-refractivity contribution in [1.29, 1.82) is 0 Å². The third-order valence-electron chi connectivity index (χ3n) is 2.69. The van der Waals surface area contributed by atoms with Crippen molar-refractivity contribution in [3.8, 4) is 0 Å². The minimum Gasteiger partial charge on any atom is -0.206 e. The Morgan fingerprint density at radius 3 is 1.89 bits per heavy atom. The van der Waals surface area contributed by atoms with Gasteiger partial charge >= 0.3 is 0 Å². The minimum absolute atomic E-state index is 0.171. The molecule has 0 amide bonds. The molecule has 0 N–H and O–H groups in total. The van der Waals surface area contributed by atoms with Crippen LogP contribution in [0.3, 0.4) is 0 Å². The second-order valence-electron chi connectivity index (χ2n) is 3.67. The van der Waals surface area contributed by atoms with Gasteiger partial charge in [0.15, 0.2) is 0 Å². The summed E-state index contributed by atoms with van der Waals surface area (Å²) >= 11 is 0. The lowest BCUT2D eigenvalue weighted by atomic mass is 9.72. The van der Waals surface area contributed by atoms with Crippen molar-refractivity contribution in [3.63, 3.8) is 0 Å². The predicted octanol–water partition coefficient (Wildman–Crippen LogP) is 2.44. The van der Waals surface area contributed by atoms with E-state index < -0.39 is 11.3 Å². The van der Waals surface area contributed by atoms with Gasteiger partial charge < -0.3 is 0 Å². The van der Waals surface area contributed by atoms with Crippen LogP contribution < -0.4 is 0 Å². The van der Waals surface area contributed by atoms with Crippen LogP contribution in [-0.4, -0.2) is 5.92 Å². The fourth-order valence-corrected chi connectivity index (χ4v) is 2.10. The van der Waals surface area contributed by atoms with Crippen LogP contribution in [0, 0.1) is 11.3 Å².